The Kier molecular flexibility index (Phi) is 8.27. The van der Waals surface area contributed by atoms with Crippen molar-refractivity contribution in [2.75, 3.05) is 31.2 Å². The Morgan fingerprint density at radius 2 is 1.52 bits per heavy atom. The minimum Gasteiger partial charge on any atom is -0.480 e. The molecule has 16 heteroatoms. The minimum atomic E-state index is -5.21. The van der Waals surface area contributed by atoms with Crippen LogP contribution in [0.1, 0.15) is 34.3 Å². The van der Waals surface area contributed by atoms with Crippen molar-refractivity contribution in [2.24, 2.45) is 0 Å². The van der Waals surface area contributed by atoms with E-state index in [1.165, 1.54) is 4.90 Å². The van der Waals surface area contributed by atoms with Gasteiger partial charge in [0, 0.05) is 24.3 Å². The average Bonchev–Trinajstić information content (AvgIpc) is 3.24. The third-order valence-electron chi connectivity index (χ3n) is 7.19. The number of carbonyl (C=O) groups is 4. The average molecular weight is 602 g/mol. The van der Waals surface area contributed by atoms with Crippen molar-refractivity contribution in [3.63, 3.8) is 0 Å². The van der Waals surface area contributed by atoms with Crippen LogP contribution in [0.2, 0.25) is 0 Å². The van der Waals surface area contributed by atoms with Gasteiger partial charge < -0.3 is 30.9 Å². The van der Waals surface area contributed by atoms with Gasteiger partial charge >= 0.3 is 24.4 Å². The SMILES string of the molecule is O=C(N[C@@H](CNC(=O)N1CCC2(CC1)C(=O)NCN2c1ccccc1)C(=O)O)c1cc(C(F)(F)F)cc(C(F)(F)F)c1. The van der Waals surface area contributed by atoms with E-state index in [2.05, 4.69) is 10.6 Å². The predicted molar refractivity (Wildman–Crippen MR) is 134 cm³/mol. The summed E-state index contributed by atoms with van der Waals surface area (Å²) in [6.45, 7) is -0.192. The number of aliphatic carboxylic acids is 1. The number of hydrogen-bond donors (Lipinski definition) is 4. The summed E-state index contributed by atoms with van der Waals surface area (Å²) in [7, 11) is 0. The van der Waals surface area contributed by atoms with Crippen LogP contribution in [-0.2, 0) is 21.9 Å². The largest absolute Gasteiger partial charge is 0.480 e. The van der Waals surface area contributed by atoms with E-state index in [0.717, 1.165) is 5.69 Å². The van der Waals surface area contributed by atoms with Gasteiger partial charge in [0.2, 0.25) is 5.91 Å². The number of piperidine rings is 1. The molecule has 10 nitrogen and oxygen atoms in total. The lowest BCUT2D eigenvalue weighted by Crippen LogP contribution is -2.59. The molecule has 4 rings (SSSR count). The number of hydrogen-bond acceptors (Lipinski definition) is 5. The quantitative estimate of drug-likeness (QED) is 0.377. The summed E-state index contributed by atoms with van der Waals surface area (Å²) in [5, 5.41) is 16.5. The summed E-state index contributed by atoms with van der Waals surface area (Å²) in [5.74, 6) is -3.39. The van der Waals surface area contributed by atoms with Crippen LogP contribution >= 0.6 is 0 Å². The standard InChI is InChI=1S/C26H25F6N5O5/c27-25(28,29)16-10-15(11-17(12-16)26(30,31)32)20(38)35-19(21(39)40)13-33-23(42)36-8-6-24(7-9-36)22(41)34-14-37(24)18-4-2-1-3-5-18/h1-5,10-12,19H,6-9,13-14H2,(H,33,42)(H,34,41)(H,35,38)(H,39,40)/t19-/m0/s1. The topological polar surface area (TPSA) is 131 Å². The normalized spacial score (nSPS) is 17.5. The summed E-state index contributed by atoms with van der Waals surface area (Å²) in [4.78, 5) is 53.0. The first-order chi connectivity index (χ1) is 19.6. The molecule has 1 atom stereocenters. The summed E-state index contributed by atoms with van der Waals surface area (Å²) in [6.07, 6.45) is -9.89. The highest BCUT2D eigenvalue weighted by Crippen LogP contribution is 2.37. The van der Waals surface area contributed by atoms with Crippen LogP contribution in [0.4, 0.5) is 36.8 Å². The highest BCUT2D eigenvalue weighted by molar-refractivity contribution is 5.97. The lowest BCUT2D eigenvalue weighted by atomic mass is 9.85. The number of anilines is 1. The highest BCUT2D eigenvalue weighted by atomic mass is 19.4. The second kappa shape index (κ2) is 11.4. The molecule has 2 aromatic rings. The minimum absolute atomic E-state index is 0.122. The number of benzene rings is 2. The maximum absolute atomic E-state index is 13.1. The number of rotatable bonds is 6. The molecule has 2 saturated heterocycles. The first kappa shape index (κ1) is 30.5. The first-order valence-electron chi connectivity index (χ1n) is 12.6. The van der Waals surface area contributed by atoms with Crippen LogP contribution in [0, 0.1) is 0 Å². The zero-order chi connectivity index (χ0) is 30.9. The number of carbonyl (C=O) groups excluding carboxylic acids is 3. The number of carboxylic acid groups (broad SMARTS) is 1. The van der Waals surface area contributed by atoms with Crippen LogP contribution in [-0.4, -0.2) is 71.7 Å². The van der Waals surface area contributed by atoms with Gasteiger partial charge in [0.15, 0.2) is 0 Å². The van der Waals surface area contributed by atoms with Crippen LogP contribution in [0.25, 0.3) is 0 Å². The Balaban J connectivity index is 1.39. The molecule has 2 aromatic carbocycles. The van der Waals surface area contributed by atoms with Crippen molar-refractivity contribution >= 4 is 29.5 Å². The van der Waals surface area contributed by atoms with Gasteiger partial charge in [0.1, 0.15) is 11.6 Å². The molecule has 0 saturated carbocycles. The summed E-state index contributed by atoms with van der Waals surface area (Å²) >= 11 is 0. The number of nitrogens with one attached hydrogen (secondary N) is 3. The van der Waals surface area contributed by atoms with Gasteiger partial charge in [-0.1, -0.05) is 18.2 Å². The number of carboxylic acids is 1. The molecule has 0 aromatic heterocycles. The van der Waals surface area contributed by atoms with Crippen LogP contribution in [0.5, 0.6) is 0 Å². The van der Waals surface area contributed by atoms with Crippen molar-refractivity contribution in [3.8, 4) is 0 Å². The van der Waals surface area contributed by atoms with E-state index in [0.29, 0.717) is 0 Å². The monoisotopic (exact) mass is 601 g/mol. The van der Waals surface area contributed by atoms with E-state index in [9.17, 15) is 50.6 Å². The Labute approximate surface area is 234 Å². The number of alkyl halides is 6. The van der Waals surface area contributed by atoms with Crippen molar-refractivity contribution in [3.05, 3.63) is 65.2 Å². The molecule has 2 aliphatic heterocycles. The Morgan fingerprint density at radius 1 is 0.952 bits per heavy atom. The lowest BCUT2D eigenvalue weighted by Gasteiger charge is -2.43. The van der Waals surface area contributed by atoms with Crippen molar-refractivity contribution < 1.29 is 50.6 Å². The smallest absolute Gasteiger partial charge is 0.416 e. The first-order valence-corrected chi connectivity index (χ1v) is 12.6. The molecule has 2 fully saturated rings. The maximum atomic E-state index is 13.1. The van der Waals surface area contributed by atoms with Crippen molar-refractivity contribution in [1.29, 1.82) is 0 Å². The Morgan fingerprint density at radius 3 is 2.05 bits per heavy atom. The molecule has 2 heterocycles. The molecule has 0 aliphatic carbocycles. The van der Waals surface area contributed by atoms with E-state index in [4.69, 9.17) is 0 Å². The molecule has 0 unspecified atom stereocenters. The van der Waals surface area contributed by atoms with Crippen LogP contribution in [0.3, 0.4) is 0 Å². The lowest BCUT2D eigenvalue weighted by molar-refractivity contribution is -0.143. The van der Waals surface area contributed by atoms with E-state index in [-0.39, 0.29) is 56.7 Å². The van der Waals surface area contributed by atoms with E-state index < -0.39 is 65.1 Å². The number of halogens is 6. The zero-order valence-corrected chi connectivity index (χ0v) is 21.7. The second-order valence-corrected chi connectivity index (χ2v) is 9.79. The summed E-state index contributed by atoms with van der Waals surface area (Å²) < 4.78 is 78.8. The third kappa shape index (κ3) is 6.36. The molecule has 0 bridgehead atoms. The van der Waals surface area contributed by atoms with Gasteiger partial charge in [-0.15, -0.1) is 0 Å². The number of likely N-dealkylation sites (tertiary alicyclic amines) is 1. The van der Waals surface area contributed by atoms with Gasteiger partial charge in [0.05, 0.1) is 24.3 Å². The fraction of sp³-hybridized carbons (Fsp3) is 0.385. The fourth-order valence-corrected chi connectivity index (χ4v) is 4.94. The molecule has 226 valence electrons. The molecule has 0 radical (unpaired) electrons. The molecular formula is C26H25F6N5O5. The van der Waals surface area contributed by atoms with Gasteiger partial charge in [-0.25, -0.2) is 9.59 Å². The number of para-hydroxylation sites is 1. The van der Waals surface area contributed by atoms with E-state index in [1.54, 1.807) is 0 Å². The molecule has 42 heavy (non-hydrogen) atoms. The van der Waals surface area contributed by atoms with Gasteiger partial charge in [0.25, 0.3) is 5.91 Å². The molecular weight excluding hydrogens is 576 g/mol. The maximum Gasteiger partial charge on any atom is 0.416 e. The number of urea groups is 1. The molecule has 4 amide bonds. The number of nitrogens with zero attached hydrogens (tertiary/aromatic N) is 2. The molecule has 1 spiro atoms. The summed E-state index contributed by atoms with van der Waals surface area (Å²) in [6, 6.07) is 6.76. The van der Waals surface area contributed by atoms with Crippen LogP contribution < -0.4 is 20.9 Å². The van der Waals surface area contributed by atoms with Crippen molar-refractivity contribution in [1.82, 2.24) is 20.9 Å². The molecule has 2 aliphatic rings. The Bertz CT molecular complexity index is 1330. The van der Waals surface area contributed by atoms with Crippen LogP contribution in [0.15, 0.2) is 48.5 Å². The summed E-state index contributed by atoms with van der Waals surface area (Å²) in [5.41, 5.74) is -4.62. The number of amides is 4. The van der Waals surface area contributed by atoms with Crippen molar-refractivity contribution in [2.45, 2.75) is 36.8 Å². The van der Waals surface area contributed by atoms with E-state index in [1.807, 2.05) is 40.5 Å². The highest BCUT2D eigenvalue weighted by Gasteiger charge is 2.51. The predicted octanol–water partition coefficient (Wildman–Crippen LogP) is 3.05. The Hall–Kier alpha value is -4.50. The fourth-order valence-electron chi connectivity index (χ4n) is 4.94. The van der Waals surface area contributed by atoms with Gasteiger partial charge in [-0.2, -0.15) is 26.3 Å². The molecule has 4 N–H and O–H groups in total. The van der Waals surface area contributed by atoms with E-state index >= 15 is 0 Å². The zero-order valence-electron chi connectivity index (χ0n) is 21.7. The third-order valence-corrected chi connectivity index (χ3v) is 7.19. The van der Waals surface area contributed by atoms with Gasteiger partial charge in [-0.05, 0) is 43.2 Å². The van der Waals surface area contributed by atoms with Gasteiger partial charge in [-0.3, -0.25) is 9.59 Å². The second-order valence-electron chi connectivity index (χ2n) is 9.79.